The van der Waals surface area contributed by atoms with Crippen molar-refractivity contribution in [3.05, 3.63) is 145 Å². The molecule has 4 aromatic rings. The number of aryl methyl sites for hydroxylation is 1. The van der Waals surface area contributed by atoms with E-state index < -0.39 is 0 Å². The zero-order chi connectivity index (χ0) is 45.4. The Morgan fingerprint density at radius 2 is 0.891 bits per heavy atom. The highest BCUT2D eigenvalue weighted by Crippen LogP contribution is 2.58. The van der Waals surface area contributed by atoms with Crippen molar-refractivity contribution in [1.82, 2.24) is 0 Å². The minimum absolute atomic E-state index is 0.102. The Morgan fingerprint density at radius 3 is 1.36 bits per heavy atom. The van der Waals surface area contributed by atoms with Crippen molar-refractivity contribution in [1.29, 1.82) is 0 Å². The Kier molecular flexibility index (Phi) is 10.3. The Labute approximate surface area is 392 Å². The lowest BCUT2D eigenvalue weighted by Gasteiger charge is -2.43. The number of hydrogen-bond acceptors (Lipinski definition) is 3. The van der Waals surface area contributed by atoms with Gasteiger partial charge in [0, 0.05) is 49.9 Å². The van der Waals surface area contributed by atoms with Gasteiger partial charge in [-0.1, -0.05) is 125 Å². The van der Waals surface area contributed by atoms with Crippen molar-refractivity contribution in [2.24, 2.45) is 5.92 Å². The summed E-state index contributed by atoms with van der Waals surface area (Å²) in [5, 5.41) is 0. The third-order valence-corrected chi connectivity index (χ3v) is 18.8. The van der Waals surface area contributed by atoms with E-state index in [2.05, 4.69) is 197 Å². The minimum Gasteiger partial charge on any atom is -0.313 e. The SMILES string of the molecule is Cc1cc(N(C2=C3SC4=C(CCC=C4)C3CCC2)c2ccc3c(c2)C(C)(C)CCC3(C)C)cc(N(c2ccc3c(c2)C(C)(C)CCC3(C)C)c2ccc3c(c2)C(C)(C)CCC3(C)C)c1. The van der Waals surface area contributed by atoms with Crippen LogP contribution in [0.5, 0.6) is 0 Å². The van der Waals surface area contributed by atoms with Gasteiger partial charge in [-0.25, -0.2) is 0 Å². The lowest BCUT2D eigenvalue weighted by molar-refractivity contribution is 0.332. The molecule has 1 aliphatic heterocycles. The number of rotatable bonds is 6. The summed E-state index contributed by atoms with van der Waals surface area (Å²) in [7, 11) is 0. The molecule has 1 atom stereocenters. The van der Waals surface area contributed by atoms with Crippen molar-refractivity contribution in [2.45, 2.75) is 193 Å². The third kappa shape index (κ3) is 7.28. The quantitative estimate of drug-likeness (QED) is 0.191. The summed E-state index contributed by atoms with van der Waals surface area (Å²) in [5.41, 5.74) is 20.7. The molecule has 0 amide bonds. The first-order chi connectivity index (χ1) is 30.1. The normalized spacial score (nSPS) is 24.0. The van der Waals surface area contributed by atoms with Crippen LogP contribution in [0.3, 0.4) is 0 Å². The van der Waals surface area contributed by atoms with Crippen LogP contribution in [0.25, 0.3) is 0 Å². The van der Waals surface area contributed by atoms with Crippen LogP contribution in [-0.2, 0) is 32.5 Å². The fourth-order valence-electron chi connectivity index (χ4n) is 12.9. The number of thioether (sulfide) groups is 1. The molecule has 0 radical (unpaired) electrons. The first-order valence-corrected chi connectivity index (χ1v) is 25.9. The molecule has 0 saturated carbocycles. The van der Waals surface area contributed by atoms with E-state index >= 15 is 0 Å². The first kappa shape index (κ1) is 43.9. The Balaban J connectivity index is 1.21. The average molecular weight is 869 g/mol. The van der Waals surface area contributed by atoms with E-state index in [-0.39, 0.29) is 32.5 Å². The topological polar surface area (TPSA) is 6.48 Å². The van der Waals surface area contributed by atoms with Crippen LogP contribution in [0, 0.1) is 12.8 Å². The van der Waals surface area contributed by atoms with Crippen LogP contribution in [0.4, 0.5) is 28.4 Å². The monoisotopic (exact) mass is 869 g/mol. The average Bonchev–Trinajstić information content (AvgIpc) is 3.63. The fourth-order valence-corrected chi connectivity index (χ4v) is 14.4. The predicted molar refractivity (Wildman–Crippen MR) is 278 cm³/mol. The number of hydrogen-bond donors (Lipinski definition) is 0. The van der Waals surface area contributed by atoms with E-state index in [0.717, 1.165) is 6.42 Å². The van der Waals surface area contributed by atoms with Gasteiger partial charge in [-0.15, -0.1) is 0 Å². The van der Waals surface area contributed by atoms with E-state index in [1.54, 1.807) is 10.5 Å². The van der Waals surface area contributed by atoms with Crippen molar-refractivity contribution < 1.29 is 0 Å². The number of nitrogens with zero attached hydrogens (tertiary/aromatic N) is 2. The van der Waals surface area contributed by atoms with E-state index in [1.807, 2.05) is 0 Å². The maximum Gasteiger partial charge on any atom is 0.0485 e. The summed E-state index contributed by atoms with van der Waals surface area (Å²) in [5.74, 6) is 0.538. The van der Waals surface area contributed by atoms with Crippen LogP contribution < -0.4 is 9.80 Å². The Morgan fingerprint density at radius 1 is 0.469 bits per heavy atom. The second-order valence-corrected chi connectivity index (χ2v) is 26.0. The number of allylic oxidation sites excluding steroid dienone is 5. The highest BCUT2D eigenvalue weighted by atomic mass is 32.2. The van der Waals surface area contributed by atoms with Gasteiger partial charge in [-0.3, -0.25) is 0 Å². The maximum atomic E-state index is 2.74. The molecular formula is C61H76N2S. The predicted octanol–water partition coefficient (Wildman–Crippen LogP) is 18.0. The molecule has 1 unspecified atom stereocenters. The summed E-state index contributed by atoms with van der Waals surface area (Å²) < 4.78 is 0. The van der Waals surface area contributed by atoms with Crippen molar-refractivity contribution in [3.63, 3.8) is 0 Å². The van der Waals surface area contributed by atoms with Crippen LogP contribution in [-0.4, -0.2) is 0 Å². The third-order valence-electron chi connectivity index (χ3n) is 17.4. The van der Waals surface area contributed by atoms with Gasteiger partial charge in [0.25, 0.3) is 0 Å². The van der Waals surface area contributed by atoms with Gasteiger partial charge in [-0.05, 0) is 209 Å². The molecule has 0 spiro atoms. The van der Waals surface area contributed by atoms with Crippen molar-refractivity contribution in [3.8, 4) is 0 Å². The van der Waals surface area contributed by atoms with Gasteiger partial charge in [0.1, 0.15) is 0 Å². The molecule has 64 heavy (non-hydrogen) atoms. The standard InChI is InChI=1S/C61H76N2S/c1-39-33-43(62(40-21-24-47-50(36-40)59(8,9)30-27-56(47,2)3)41-22-25-48-51(37-41)60(10,11)31-28-57(48,4)5)35-44(34-39)63(42-23-26-49-52(38-42)61(12,13)32-29-58(49,6)7)53-19-16-18-46-45-17-14-15-20-54(45)64-55(46)53/h15,20-26,33-38,46H,14,16-19,27-32H2,1-13H3. The van der Waals surface area contributed by atoms with Gasteiger partial charge >= 0.3 is 0 Å². The molecule has 3 heteroatoms. The molecule has 0 bridgehead atoms. The number of anilines is 5. The zero-order valence-corrected chi connectivity index (χ0v) is 42.6. The summed E-state index contributed by atoms with van der Waals surface area (Å²) >= 11 is 2.09. The second kappa shape index (κ2) is 15.0. The summed E-state index contributed by atoms with van der Waals surface area (Å²) in [6, 6.07) is 30.1. The highest BCUT2D eigenvalue weighted by Gasteiger charge is 2.42. The molecule has 0 aromatic heterocycles. The zero-order valence-electron chi connectivity index (χ0n) is 41.7. The van der Waals surface area contributed by atoms with Gasteiger partial charge in [0.2, 0.25) is 0 Å². The second-order valence-electron chi connectivity index (χ2n) is 24.9. The molecule has 6 aliphatic rings. The molecule has 4 aromatic carbocycles. The summed E-state index contributed by atoms with van der Waals surface area (Å²) in [6.07, 6.45) is 18.0. The first-order valence-electron chi connectivity index (χ1n) is 25.0. The van der Waals surface area contributed by atoms with Crippen molar-refractivity contribution >= 4 is 40.2 Å². The van der Waals surface area contributed by atoms with Gasteiger partial charge < -0.3 is 9.80 Å². The molecule has 336 valence electrons. The molecule has 1 heterocycles. The van der Waals surface area contributed by atoms with E-state index in [1.165, 1.54) is 142 Å². The van der Waals surface area contributed by atoms with Gasteiger partial charge in [0.15, 0.2) is 0 Å². The Hall–Kier alpha value is -3.95. The number of benzene rings is 4. The molecular weight excluding hydrogens is 793 g/mol. The fraction of sp³-hybridized carbons (Fsp3) is 0.508. The van der Waals surface area contributed by atoms with Crippen molar-refractivity contribution in [2.75, 3.05) is 9.80 Å². The van der Waals surface area contributed by atoms with Gasteiger partial charge in [0.05, 0.1) is 0 Å². The smallest absolute Gasteiger partial charge is 0.0485 e. The van der Waals surface area contributed by atoms with E-state index in [9.17, 15) is 0 Å². The largest absolute Gasteiger partial charge is 0.313 e. The van der Waals surface area contributed by atoms with E-state index in [0.29, 0.717) is 5.92 Å². The molecule has 0 N–H and O–H groups in total. The van der Waals surface area contributed by atoms with E-state index in [4.69, 9.17) is 0 Å². The summed E-state index contributed by atoms with van der Waals surface area (Å²) in [4.78, 5) is 8.48. The lowest BCUT2D eigenvalue weighted by Crippen LogP contribution is -2.34. The lowest BCUT2D eigenvalue weighted by atomic mass is 9.63. The minimum atomic E-state index is 0.102. The van der Waals surface area contributed by atoms with Crippen LogP contribution in [0.1, 0.15) is 193 Å². The Bertz CT molecular complexity index is 2580. The summed E-state index contributed by atoms with van der Waals surface area (Å²) in [6.45, 7) is 31.9. The molecule has 0 saturated heterocycles. The maximum absolute atomic E-state index is 2.74. The number of fused-ring (bicyclic) bond motifs is 5. The van der Waals surface area contributed by atoms with Crippen LogP contribution in [0.2, 0.25) is 0 Å². The molecule has 0 fully saturated rings. The molecule has 10 rings (SSSR count). The highest BCUT2D eigenvalue weighted by molar-refractivity contribution is 8.07. The molecule has 2 nitrogen and oxygen atoms in total. The molecule has 5 aliphatic carbocycles. The van der Waals surface area contributed by atoms with Crippen LogP contribution >= 0.6 is 11.8 Å². The van der Waals surface area contributed by atoms with Gasteiger partial charge in [-0.2, -0.15) is 0 Å². The van der Waals surface area contributed by atoms with Crippen LogP contribution in [0.15, 0.2) is 106 Å².